The van der Waals surface area contributed by atoms with Crippen LogP contribution in [0.5, 0.6) is 0 Å². The minimum atomic E-state index is -0.379. The Hall–Kier alpha value is -2.66. The fourth-order valence-electron chi connectivity index (χ4n) is 4.17. The van der Waals surface area contributed by atoms with Gasteiger partial charge >= 0.3 is 0 Å². The second kappa shape index (κ2) is 5.43. The second-order valence-electron chi connectivity index (χ2n) is 6.75. The molecule has 126 valence electrons. The van der Waals surface area contributed by atoms with E-state index >= 15 is 0 Å². The largest absolute Gasteiger partial charge is 0.376 e. The highest BCUT2D eigenvalue weighted by Crippen LogP contribution is 2.45. The van der Waals surface area contributed by atoms with Gasteiger partial charge in [-0.05, 0) is 31.0 Å². The molecule has 5 rings (SSSR count). The Morgan fingerprint density at radius 3 is 2.52 bits per heavy atom. The SMILES string of the molecule is O=C1c2ccccc2N2C(=O)c3ccccc3[C@H]2N1C[C@@H]1CCCO1. The predicted octanol–water partition coefficient (Wildman–Crippen LogP) is 2.98. The quantitative estimate of drug-likeness (QED) is 0.848. The lowest BCUT2D eigenvalue weighted by Crippen LogP contribution is -2.50. The van der Waals surface area contributed by atoms with Gasteiger partial charge in [-0.1, -0.05) is 30.3 Å². The molecule has 2 atom stereocenters. The van der Waals surface area contributed by atoms with Gasteiger partial charge in [0.2, 0.25) is 0 Å². The first-order chi connectivity index (χ1) is 12.3. The van der Waals surface area contributed by atoms with Gasteiger partial charge in [-0.3, -0.25) is 14.5 Å². The standard InChI is InChI=1S/C20H18N2O3/c23-19-16-9-3-4-10-17(16)22-18(21(19)12-13-6-5-11-25-13)14-7-1-2-8-15(14)20(22)24/h1-4,7-10,13,18H,5-6,11-12H2/t13-,18-/m0/s1. The maximum Gasteiger partial charge on any atom is 0.260 e. The highest BCUT2D eigenvalue weighted by molar-refractivity contribution is 6.16. The van der Waals surface area contributed by atoms with Gasteiger partial charge in [0.25, 0.3) is 11.8 Å². The molecule has 0 aliphatic carbocycles. The van der Waals surface area contributed by atoms with E-state index in [1.54, 1.807) is 11.0 Å². The zero-order chi connectivity index (χ0) is 17.0. The van der Waals surface area contributed by atoms with E-state index in [4.69, 9.17) is 4.74 Å². The van der Waals surface area contributed by atoms with Crippen LogP contribution in [0.1, 0.15) is 45.3 Å². The van der Waals surface area contributed by atoms with E-state index in [0.717, 1.165) is 25.0 Å². The summed E-state index contributed by atoms with van der Waals surface area (Å²) in [4.78, 5) is 29.8. The van der Waals surface area contributed by atoms with Gasteiger partial charge in [-0.25, -0.2) is 0 Å². The van der Waals surface area contributed by atoms with Crippen LogP contribution in [-0.2, 0) is 4.74 Å². The molecule has 0 unspecified atom stereocenters. The van der Waals surface area contributed by atoms with Gasteiger partial charge in [0, 0.05) is 24.3 Å². The Kier molecular flexibility index (Phi) is 3.18. The molecule has 0 spiro atoms. The van der Waals surface area contributed by atoms with Crippen molar-refractivity contribution in [2.45, 2.75) is 25.1 Å². The number of carbonyl (C=O) groups excluding carboxylic acids is 2. The lowest BCUT2D eigenvalue weighted by Gasteiger charge is -2.41. The number of carbonyl (C=O) groups is 2. The Morgan fingerprint density at radius 2 is 1.72 bits per heavy atom. The number of anilines is 1. The molecule has 25 heavy (non-hydrogen) atoms. The summed E-state index contributed by atoms with van der Waals surface area (Å²) in [5.74, 6) is -0.0743. The van der Waals surface area contributed by atoms with Crippen molar-refractivity contribution in [3.8, 4) is 0 Å². The molecule has 3 heterocycles. The number of hydrogen-bond donors (Lipinski definition) is 0. The van der Waals surface area contributed by atoms with Crippen molar-refractivity contribution in [2.24, 2.45) is 0 Å². The summed E-state index contributed by atoms with van der Waals surface area (Å²) < 4.78 is 5.76. The molecular weight excluding hydrogens is 316 g/mol. The van der Waals surface area contributed by atoms with Crippen LogP contribution in [0, 0.1) is 0 Å². The molecule has 5 heteroatoms. The van der Waals surface area contributed by atoms with Crippen molar-refractivity contribution in [2.75, 3.05) is 18.1 Å². The van der Waals surface area contributed by atoms with E-state index in [1.165, 1.54) is 0 Å². The van der Waals surface area contributed by atoms with Gasteiger partial charge in [0.1, 0.15) is 6.17 Å². The number of benzene rings is 2. The fourth-order valence-corrected chi connectivity index (χ4v) is 4.17. The van der Waals surface area contributed by atoms with Crippen LogP contribution in [0.3, 0.4) is 0 Å². The van der Waals surface area contributed by atoms with E-state index in [1.807, 2.05) is 47.4 Å². The summed E-state index contributed by atoms with van der Waals surface area (Å²) in [5.41, 5.74) is 2.85. The lowest BCUT2D eigenvalue weighted by atomic mass is 10.0. The zero-order valence-corrected chi connectivity index (χ0v) is 13.7. The first-order valence-corrected chi connectivity index (χ1v) is 8.70. The van der Waals surface area contributed by atoms with E-state index in [9.17, 15) is 9.59 Å². The molecule has 0 radical (unpaired) electrons. The summed E-state index contributed by atoms with van der Waals surface area (Å²) >= 11 is 0. The third-order valence-corrected chi connectivity index (χ3v) is 5.31. The van der Waals surface area contributed by atoms with Crippen molar-refractivity contribution in [3.63, 3.8) is 0 Å². The minimum absolute atomic E-state index is 0.0307. The first-order valence-electron chi connectivity index (χ1n) is 8.70. The van der Waals surface area contributed by atoms with Gasteiger partial charge in [-0.2, -0.15) is 0 Å². The molecule has 1 fully saturated rings. The van der Waals surface area contributed by atoms with Gasteiger partial charge in [0.15, 0.2) is 0 Å². The minimum Gasteiger partial charge on any atom is -0.376 e. The number of amides is 2. The lowest BCUT2D eigenvalue weighted by molar-refractivity contribution is 0.0392. The monoisotopic (exact) mass is 334 g/mol. The van der Waals surface area contributed by atoms with E-state index in [0.29, 0.717) is 23.4 Å². The predicted molar refractivity (Wildman–Crippen MR) is 92.4 cm³/mol. The number of rotatable bonds is 2. The van der Waals surface area contributed by atoms with Gasteiger partial charge in [-0.15, -0.1) is 0 Å². The average Bonchev–Trinajstić information content (AvgIpc) is 3.26. The van der Waals surface area contributed by atoms with Crippen molar-refractivity contribution >= 4 is 17.5 Å². The molecule has 0 N–H and O–H groups in total. The second-order valence-corrected chi connectivity index (χ2v) is 6.75. The van der Waals surface area contributed by atoms with Crippen molar-refractivity contribution in [1.29, 1.82) is 0 Å². The molecule has 1 saturated heterocycles. The van der Waals surface area contributed by atoms with Crippen molar-refractivity contribution in [1.82, 2.24) is 4.90 Å². The molecule has 0 saturated carbocycles. The van der Waals surface area contributed by atoms with Gasteiger partial charge < -0.3 is 9.64 Å². The maximum atomic E-state index is 13.2. The van der Waals surface area contributed by atoms with Crippen LogP contribution in [0.15, 0.2) is 48.5 Å². The van der Waals surface area contributed by atoms with Crippen LogP contribution < -0.4 is 4.90 Å². The van der Waals surface area contributed by atoms with Crippen molar-refractivity contribution in [3.05, 3.63) is 65.2 Å². The zero-order valence-electron chi connectivity index (χ0n) is 13.7. The molecule has 5 nitrogen and oxygen atoms in total. The number of ether oxygens (including phenoxy) is 1. The normalized spacial score (nSPS) is 24.3. The maximum absolute atomic E-state index is 13.2. The van der Waals surface area contributed by atoms with E-state index < -0.39 is 0 Å². The molecule has 2 amide bonds. The molecule has 3 aliphatic heterocycles. The van der Waals surface area contributed by atoms with E-state index in [2.05, 4.69) is 0 Å². The summed E-state index contributed by atoms with van der Waals surface area (Å²) in [7, 11) is 0. The third kappa shape index (κ3) is 2.05. The van der Waals surface area contributed by atoms with Crippen LogP contribution in [-0.4, -0.2) is 36.0 Å². The Bertz CT molecular complexity index is 873. The summed E-state index contributed by atoms with van der Waals surface area (Å²) in [6.45, 7) is 1.25. The number of nitrogens with zero attached hydrogens (tertiary/aromatic N) is 2. The Labute approximate surface area is 145 Å². The fraction of sp³-hybridized carbons (Fsp3) is 0.300. The Morgan fingerprint density at radius 1 is 0.960 bits per heavy atom. The molecule has 3 aliphatic rings. The molecule has 2 aromatic rings. The Balaban J connectivity index is 1.66. The average molecular weight is 334 g/mol. The summed E-state index contributed by atoms with van der Waals surface area (Å²) in [5, 5.41) is 0. The smallest absolute Gasteiger partial charge is 0.260 e. The number of hydrogen-bond acceptors (Lipinski definition) is 3. The van der Waals surface area contributed by atoms with Crippen molar-refractivity contribution < 1.29 is 14.3 Å². The molecular formula is C20H18N2O3. The summed E-state index contributed by atoms with van der Waals surface area (Å²) in [6, 6.07) is 14.9. The van der Waals surface area contributed by atoms with Crippen LogP contribution >= 0.6 is 0 Å². The molecule has 0 aromatic heterocycles. The third-order valence-electron chi connectivity index (χ3n) is 5.31. The topological polar surface area (TPSA) is 49.9 Å². The molecule has 2 aromatic carbocycles. The summed E-state index contributed by atoms with van der Waals surface area (Å²) in [6.07, 6.45) is 1.63. The van der Waals surface area contributed by atoms with Crippen LogP contribution in [0.25, 0.3) is 0 Å². The van der Waals surface area contributed by atoms with E-state index in [-0.39, 0.29) is 24.1 Å². The number of fused-ring (bicyclic) bond motifs is 5. The first kappa shape index (κ1) is 14.7. The number of para-hydroxylation sites is 1. The van der Waals surface area contributed by atoms with Crippen LogP contribution in [0.4, 0.5) is 5.69 Å². The van der Waals surface area contributed by atoms with Crippen LogP contribution in [0.2, 0.25) is 0 Å². The highest BCUT2D eigenvalue weighted by atomic mass is 16.5. The highest BCUT2D eigenvalue weighted by Gasteiger charge is 2.48. The van der Waals surface area contributed by atoms with Gasteiger partial charge in [0.05, 0.1) is 17.4 Å². The molecule has 0 bridgehead atoms.